The Hall–Kier alpha value is -4.71. The molecule has 0 amide bonds. The minimum Gasteiger partial charge on any atom is -0.264 e. The molecule has 9 aromatic rings. The smallest absolute Gasteiger partial charge is 0.0350 e. The van der Waals surface area contributed by atoms with Crippen LogP contribution < -0.4 is 15.9 Å². The van der Waals surface area contributed by atoms with Gasteiger partial charge in [-0.3, -0.25) is 4.98 Å². The number of hydrogen-bond acceptors (Lipinski definition) is 1. The van der Waals surface area contributed by atoms with E-state index in [1.165, 1.54) is 80.5 Å². The molecule has 0 unspecified atom stereocenters. The highest BCUT2D eigenvalue weighted by Crippen LogP contribution is 2.48. The van der Waals surface area contributed by atoms with Crippen LogP contribution in [0.4, 0.5) is 0 Å². The maximum Gasteiger partial charge on any atom is 0.0350 e. The Kier molecular flexibility index (Phi) is 4.38. The average Bonchev–Trinajstić information content (AvgIpc) is 3.02. The van der Waals surface area contributed by atoms with Crippen LogP contribution in [0.1, 0.15) is 0 Å². The van der Waals surface area contributed by atoms with Crippen LogP contribution in [0, 0.1) is 0 Å². The van der Waals surface area contributed by atoms with Crippen molar-refractivity contribution in [1.29, 1.82) is 0 Å². The summed E-state index contributed by atoms with van der Waals surface area (Å²) in [5, 5.41) is 19.4. The summed E-state index contributed by atoms with van der Waals surface area (Å²) in [6, 6.07) is 45.0. The molecule has 40 heavy (non-hydrogen) atoms. The van der Waals surface area contributed by atoms with Gasteiger partial charge in [-0.1, -0.05) is 122 Å². The lowest BCUT2D eigenvalue weighted by Gasteiger charge is -2.30. The third-order valence-electron chi connectivity index (χ3n) is 8.92. The van der Waals surface area contributed by atoms with Crippen molar-refractivity contribution in [2.45, 2.75) is 0 Å². The molecule has 0 fully saturated rings. The molecular weight excluding hydrogens is 501 g/mol. The number of rotatable bonds is 3. The Balaban J connectivity index is 1.47. The van der Waals surface area contributed by atoms with Gasteiger partial charge in [0.2, 0.25) is 0 Å². The second-order valence-corrected chi connectivity index (χ2v) is 14.0. The van der Waals surface area contributed by atoms with Gasteiger partial charge in [-0.15, -0.1) is 0 Å². The number of hydrogen-bond donors (Lipinski definition) is 0. The molecule has 2 heteroatoms. The van der Waals surface area contributed by atoms with Gasteiger partial charge in [0.1, 0.15) is 0 Å². The molecule has 8 aromatic carbocycles. The number of nitrogens with zero attached hydrogens (tertiary/aromatic N) is 1. The largest absolute Gasteiger partial charge is 0.264 e. The summed E-state index contributed by atoms with van der Waals surface area (Å²) in [6.45, 7) is -2.36. The molecule has 0 aliphatic heterocycles. The van der Waals surface area contributed by atoms with Gasteiger partial charge in [0.05, 0.1) is 0 Å². The molecule has 0 saturated carbocycles. The lowest BCUT2D eigenvalue weighted by atomic mass is 9.94. The van der Waals surface area contributed by atoms with E-state index < -0.39 is 6.89 Å². The van der Waals surface area contributed by atoms with E-state index >= 15 is 0 Å². The van der Waals surface area contributed by atoms with Crippen molar-refractivity contribution in [3.63, 3.8) is 0 Å². The van der Waals surface area contributed by atoms with Gasteiger partial charge in [-0.05, 0) is 88.2 Å². The van der Waals surface area contributed by atoms with E-state index in [-0.39, 0.29) is 0 Å². The zero-order valence-electron chi connectivity index (χ0n) is 21.8. The van der Waals surface area contributed by atoms with Crippen molar-refractivity contribution >= 4 is 93.7 Å². The van der Waals surface area contributed by atoms with Crippen LogP contribution in [-0.4, -0.2) is 11.3 Å². The molecule has 0 spiro atoms. The Morgan fingerprint density at radius 3 is 1.30 bits per heavy atom. The first kappa shape index (κ1) is 22.1. The van der Waals surface area contributed by atoms with Crippen LogP contribution in [0.25, 0.3) is 64.6 Å². The summed E-state index contributed by atoms with van der Waals surface area (Å²) in [6.07, 6.45) is 9.12. The zero-order chi connectivity index (χ0) is 26.4. The van der Waals surface area contributed by atoms with Crippen molar-refractivity contribution in [3.05, 3.63) is 134 Å². The maximum absolute atomic E-state index is 5.22. The predicted molar refractivity (Wildman–Crippen MR) is 177 cm³/mol. The number of aromatic nitrogens is 1. The molecule has 9 rings (SSSR count). The zero-order valence-corrected chi connectivity index (χ0v) is 22.7. The number of benzene rings is 8. The number of pyridine rings is 1. The quantitative estimate of drug-likeness (QED) is 0.166. The first-order valence-corrected chi connectivity index (χ1v) is 15.7. The van der Waals surface area contributed by atoms with E-state index in [2.05, 4.69) is 126 Å². The highest BCUT2D eigenvalue weighted by Gasteiger charge is 2.28. The summed E-state index contributed by atoms with van der Waals surface area (Å²) in [7, 11) is 0. The molecule has 1 nitrogen and oxygen atoms in total. The summed E-state index contributed by atoms with van der Waals surface area (Å²) >= 11 is 0. The fourth-order valence-corrected chi connectivity index (χ4v) is 10.4. The molecule has 0 N–H and O–H groups in total. The summed E-state index contributed by atoms with van der Waals surface area (Å²) in [5.41, 5.74) is 0. The van der Waals surface area contributed by atoms with E-state index in [1.807, 2.05) is 12.4 Å². The standard InChI is InChI=1S/C38H24NP/c1-40(30-9-4-22-39-23-30,33-20-16-28-12-10-24-5-2-7-26-14-18-31(33)37(28)35(24)26)34-21-17-29-13-11-25-6-3-8-27-15-19-32(34)38(29)36(25)27/h2-23H,1H2. The molecule has 0 atom stereocenters. The summed E-state index contributed by atoms with van der Waals surface area (Å²) in [4.78, 5) is 4.61. The van der Waals surface area contributed by atoms with Crippen molar-refractivity contribution in [2.24, 2.45) is 0 Å². The molecule has 0 aliphatic carbocycles. The molecule has 0 radical (unpaired) electrons. The molecule has 1 heterocycles. The minimum atomic E-state index is -2.36. The van der Waals surface area contributed by atoms with Gasteiger partial charge in [-0.2, -0.15) is 0 Å². The Bertz CT molecular complexity index is 2270. The molecule has 0 bridgehead atoms. The normalized spacial score (nSPS) is 12.6. The van der Waals surface area contributed by atoms with Crippen molar-refractivity contribution in [3.8, 4) is 0 Å². The fourth-order valence-electron chi connectivity index (χ4n) is 7.09. The third-order valence-corrected chi connectivity index (χ3v) is 12.5. The van der Waals surface area contributed by atoms with Crippen LogP contribution in [0.3, 0.4) is 0 Å². The average molecular weight is 526 g/mol. The SMILES string of the molecule is C=P(c1cccnc1)(c1ccc2ccc3cccc4ccc1c2c34)c1ccc2ccc3cccc4ccc1c2c34. The second-order valence-electron chi connectivity index (χ2n) is 10.9. The van der Waals surface area contributed by atoms with Gasteiger partial charge in [-0.25, -0.2) is 0 Å². The summed E-state index contributed by atoms with van der Waals surface area (Å²) in [5.74, 6) is 0. The van der Waals surface area contributed by atoms with Crippen LogP contribution in [0.15, 0.2) is 134 Å². The lowest BCUT2D eigenvalue weighted by Crippen LogP contribution is -2.27. The molecule has 0 saturated heterocycles. The van der Waals surface area contributed by atoms with Gasteiger partial charge >= 0.3 is 0 Å². The van der Waals surface area contributed by atoms with Crippen molar-refractivity contribution in [2.75, 3.05) is 0 Å². The van der Waals surface area contributed by atoms with Gasteiger partial charge in [0, 0.05) is 17.7 Å². The second kappa shape index (κ2) is 7.92. The van der Waals surface area contributed by atoms with E-state index in [1.54, 1.807) is 0 Å². The molecule has 0 aliphatic rings. The summed E-state index contributed by atoms with van der Waals surface area (Å²) < 4.78 is 0. The van der Waals surface area contributed by atoms with E-state index in [0.717, 1.165) is 0 Å². The van der Waals surface area contributed by atoms with Crippen LogP contribution in [0.2, 0.25) is 0 Å². The van der Waals surface area contributed by atoms with Crippen LogP contribution in [-0.2, 0) is 0 Å². The Morgan fingerprint density at radius 1 is 0.425 bits per heavy atom. The Morgan fingerprint density at radius 2 is 0.850 bits per heavy atom. The van der Waals surface area contributed by atoms with E-state index in [9.17, 15) is 0 Å². The van der Waals surface area contributed by atoms with Gasteiger partial charge in [0.15, 0.2) is 0 Å². The molecule has 1 aromatic heterocycles. The van der Waals surface area contributed by atoms with Gasteiger partial charge < -0.3 is 0 Å². The van der Waals surface area contributed by atoms with Crippen LogP contribution >= 0.6 is 6.89 Å². The van der Waals surface area contributed by atoms with Gasteiger partial charge in [0.25, 0.3) is 0 Å². The highest BCUT2D eigenvalue weighted by molar-refractivity contribution is 7.94. The first-order chi connectivity index (χ1) is 19.7. The first-order valence-electron chi connectivity index (χ1n) is 13.7. The molecular formula is C38H24NP. The highest BCUT2D eigenvalue weighted by atomic mass is 31.2. The van der Waals surface area contributed by atoms with E-state index in [4.69, 9.17) is 6.30 Å². The monoisotopic (exact) mass is 525 g/mol. The topological polar surface area (TPSA) is 12.9 Å². The molecule has 186 valence electrons. The van der Waals surface area contributed by atoms with Crippen LogP contribution in [0.5, 0.6) is 0 Å². The predicted octanol–water partition coefficient (Wildman–Crippen LogP) is 8.60. The lowest BCUT2D eigenvalue weighted by molar-refractivity contribution is 1.35. The van der Waals surface area contributed by atoms with Crippen molar-refractivity contribution in [1.82, 2.24) is 4.98 Å². The van der Waals surface area contributed by atoms with E-state index in [0.29, 0.717) is 0 Å². The van der Waals surface area contributed by atoms with Crippen molar-refractivity contribution < 1.29 is 0 Å². The minimum absolute atomic E-state index is 1.19. The maximum atomic E-state index is 5.22. The Labute approximate surface area is 232 Å². The third kappa shape index (κ3) is 2.80. The fraction of sp³-hybridized carbons (Fsp3) is 0.